The molecule has 94 valence electrons. The molecule has 2 rings (SSSR count). The quantitative estimate of drug-likeness (QED) is 0.630. The maximum atomic E-state index is 8.90. The van der Waals surface area contributed by atoms with Gasteiger partial charge >= 0.3 is 5.69 Å². The van der Waals surface area contributed by atoms with Crippen LogP contribution in [0.15, 0.2) is 61.2 Å². The number of para-hydroxylation sites is 1. The van der Waals surface area contributed by atoms with Gasteiger partial charge in [-0.1, -0.05) is 30.9 Å². The Bertz CT molecular complexity index is 603. The fourth-order valence-corrected chi connectivity index (χ4v) is 1.63. The van der Waals surface area contributed by atoms with E-state index in [4.69, 9.17) is 10.1 Å². The minimum atomic E-state index is 0.358. The smallest absolute Gasteiger partial charge is 0.426 e. The van der Waals surface area contributed by atoms with Gasteiger partial charge in [0.2, 0.25) is 11.1 Å². The lowest BCUT2D eigenvalue weighted by Gasteiger charge is -2.07. The lowest BCUT2D eigenvalue weighted by Crippen LogP contribution is -1.95. The van der Waals surface area contributed by atoms with Crippen molar-refractivity contribution < 1.29 is 4.74 Å². The van der Waals surface area contributed by atoms with E-state index in [0.29, 0.717) is 18.0 Å². The maximum Gasteiger partial charge on any atom is 0.426 e. The monoisotopic (exact) mass is 252 g/mol. The van der Waals surface area contributed by atoms with E-state index in [0.717, 1.165) is 11.4 Å². The van der Waals surface area contributed by atoms with Gasteiger partial charge < -0.3 is 10.1 Å². The highest BCUT2D eigenvalue weighted by atomic mass is 16.5. The van der Waals surface area contributed by atoms with E-state index in [1.807, 2.05) is 36.4 Å². The molecule has 4 heteroatoms. The number of diazo groups is 1. The first kappa shape index (κ1) is 12.7. The minimum absolute atomic E-state index is 0.358. The molecule has 0 fully saturated rings. The van der Waals surface area contributed by atoms with E-state index in [1.165, 1.54) is 0 Å². The molecule has 0 amide bonds. The number of hydrogen-bond donors (Lipinski definition) is 1. The molecule has 0 aliphatic rings. The standard InChI is InChI=1S/C15H14N3O/c1-2-10-19-15-11-13(8-9-14(15)18-16)17-12-6-4-3-5-7-12/h2-9,11,17H,1,10H2/q+1. The number of benzene rings is 2. The van der Waals surface area contributed by atoms with Gasteiger partial charge in [0.05, 0.1) is 0 Å². The topological polar surface area (TPSA) is 49.4 Å². The van der Waals surface area contributed by atoms with Crippen molar-refractivity contribution in [1.82, 2.24) is 0 Å². The summed E-state index contributed by atoms with van der Waals surface area (Å²) in [6.45, 7) is 3.95. The Kier molecular flexibility index (Phi) is 4.14. The van der Waals surface area contributed by atoms with Crippen LogP contribution >= 0.6 is 0 Å². The SMILES string of the molecule is C=CCOc1cc(Nc2ccccc2)ccc1[N+]#N. The summed E-state index contributed by atoms with van der Waals surface area (Å²) in [5.41, 5.74) is 2.23. The van der Waals surface area contributed by atoms with Gasteiger partial charge in [-0.05, 0) is 18.2 Å². The molecule has 0 saturated heterocycles. The Morgan fingerprint density at radius 1 is 1.16 bits per heavy atom. The highest BCUT2D eigenvalue weighted by molar-refractivity contribution is 5.68. The normalized spacial score (nSPS) is 9.42. The van der Waals surface area contributed by atoms with Crippen molar-refractivity contribution in [3.63, 3.8) is 0 Å². The number of nitrogens with zero attached hydrogens (tertiary/aromatic N) is 2. The molecule has 4 nitrogen and oxygen atoms in total. The summed E-state index contributed by atoms with van der Waals surface area (Å²) in [5, 5.41) is 12.1. The zero-order valence-corrected chi connectivity index (χ0v) is 10.4. The largest absolute Gasteiger partial charge is 0.482 e. The zero-order chi connectivity index (χ0) is 13.5. The van der Waals surface area contributed by atoms with Crippen molar-refractivity contribution >= 4 is 17.1 Å². The van der Waals surface area contributed by atoms with Crippen LogP contribution in [0.2, 0.25) is 0 Å². The molecule has 0 aliphatic heterocycles. The van der Waals surface area contributed by atoms with Crippen LogP contribution < -0.4 is 10.1 Å². The predicted octanol–water partition coefficient (Wildman–Crippen LogP) is 4.48. The van der Waals surface area contributed by atoms with Crippen LogP contribution in [0.1, 0.15) is 0 Å². The molecule has 0 radical (unpaired) electrons. The Morgan fingerprint density at radius 2 is 1.95 bits per heavy atom. The van der Waals surface area contributed by atoms with E-state index >= 15 is 0 Å². The van der Waals surface area contributed by atoms with Crippen LogP contribution in [0.25, 0.3) is 4.98 Å². The third-order valence-electron chi connectivity index (χ3n) is 2.49. The van der Waals surface area contributed by atoms with Crippen LogP contribution in [-0.4, -0.2) is 6.61 Å². The molecule has 2 aromatic carbocycles. The molecule has 0 aliphatic carbocycles. The van der Waals surface area contributed by atoms with Crippen molar-refractivity contribution in [2.24, 2.45) is 0 Å². The molecule has 1 N–H and O–H groups in total. The van der Waals surface area contributed by atoms with Gasteiger partial charge in [-0.2, -0.15) is 0 Å². The third kappa shape index (κ3) is 3.33. The molecule has 0 heterocycles. The van der Waals surface area contributed by atoms with Crippen LogP contribution in [0.4, 0.5) is 17.1 Å². The lowest BCUT2D eigenvalue weighted by atomic mass is 10.2. The summed E-state index contributed by atoms with van der Waals surface area (Å²) in [7, 11) is 0. The van der Waals surface area contributed by atoms with Crippen molar-refractivity contribution in [2.45, 2.75) is 0 Å². The van der Waals surface area contributed by atoms with Crippen LogP contribution in [0, 0.1) is 5.39 Å². The third-order valence-corrected chi connectivity index (χ3v) is 2.49. The average Bonchev–Trinajstić information content (AvgIpc) is 2.46. The number of hydrogen-bond acceptors (Lipinski definition) is 3. The highest BCUT2D eigenvalue weighted by Gasteiger charge is 2.15. The molecular formula is C15H14N3O+. The van der Waals surface area contributed by atoms with Crippen molar-refractivity contribution in [3.05, 3.63) is 66.2 Å². The Hall–Kier alpha value is -2.80. The first-order valence-corrected chi connectivity index (χ1v) is 5.88. The summed E-state index contributed by atoms with van der Waals surface area (Å²) in [6, 6.07) is 15.1. The molecule has 0 unspecified atom stereocenters. The van der Waals surface area contributed by atoms with Crippen LogP contribution in [0.3, 0.4) is 0 Å². The summed E-state index contributed by atoms with van der Waals surface area (Å²) >= 11 is 0. The Balaban J connectivity index is 2.22. The summed E-state index contributed by atoms with van der Waals surface area (Å²) in [5.74, 6) is 0.503. The van der Waals surface area contributed by atoms with E-state index in [1.54, 1.807) is 18.2 Å². The molecule has 2 aromatic rings. The molecule has 0 aromatic heterocycles. The van der Waals surface area contributed by atoms with Crippen molar-refractivity contribution in [2.75, 3.05) is 11.9 Å². The number of anilines is 2. The van der Waals surface area contributed by atoms with E-state index < -0.39 is 0 Å². The minimum Gasteiger partial charge on any atom is -0.482 e. The van der Waals surface area contributed by atoms with Crippen LogP contribution in [-0.2, 0) is 0 Å². The summed E-state index contributed by atoms with van der Waals surface area (Å²) in [4.78, 5) is 3.18. The Morgan fingerprint density at radius 3 is 2.63 bits per heavy atom. The zero-order valence-electron chi connectivity index (χ0n) is 10.4. The first-order valence-electron chi connectivity index (χ1n) is 5.88. The predicted molar refractivity (Wildman–Crippen MR) is 76.6 cm³/mol. The molecule has 0 spiro atoms. The molecule has 0 bridgehead atoms. The lowest BCUT2D eigenvalue weighted by molar-refractivity contribution is 0.365. The second-order valence-corrected chi connectivity index (χ2v) is 3.87. The number of rotatable bonds is 5. The Labute approximate surface area is 112 Å². The molecule has 19 heavy (non-hydrogen) atoms. The first-order chi connectivity index (χ1) is 9.33. The van der Waals surface area contributed by atoms with E-state index in [-0.39, 0.29) is 0 Å². The second-order valence-electron chi connectivity index (χ2n) is 3.87. The average molecular weight is 252 g/mol. The van der Waals surface area contributed by atoms with Crippen molar-refractivity contribution in [1.29, 1.82) is 5.39 Å². The van der Waals surface area contributed by atoms with Gasteiger partial charge in [-0.15, -0.1) is 0 Å². The van der Waals surface area contributed by atoms with Gasteiger partial charge in [-0.3, -0.25) is 0 Å². The molecular weight excluding hydrogens is 238 g/mol. The molecule has 0 saturated carbocycles. The van der Waals surface area contributed by atoms with Gasteiger partial charge in [0.15, 0.2) is 4.98 Å². The highest BCUT2D eigenvalue weighted by Crippen LogP contribution is 2.31. The fourth-order valence-electron chi connectivity index (χ4n) is 1.63. The van der Waals surface area contributed by atoms with Crippen molar-refractivity contribution in [3.8, 4) is 5.75 Å². The molecule has 0 atom stereocenters. The van der Waals surface area contributed by atoms with E-state index in [2.05, 4.69) is 16.9 Å². The summed E-state index contributed by atoms with van der Waals surface area (Å²) < 4.78 is 5.44. The number of ether oxygens (including phenoxy) is 1. The van der Waals surface area contributed by atoms with Gasteiger partial charge in [0, 0.05) is 23.5 Å². The fraction of sp³-hybridized carbons (Fsp3) is 0.0667. The second kappa shape index (κ2) is 6.22. The maximum absolute atomic E-state index is 8.90. The van der Waals surface area contributed by atoms with Crippen LogP contribution in [0.5, 0.6) is 5.75 Å². The summed E-state index contributed by atoms with van der Waals surface area (Å²) in [6.07, 6.45) is 1.64. The van der Waals surface area contributed by atoms with Gasteiger partial charge in [-0.25, -0.2) is 0 Å². The van der Waals surface area contributed by atoms with Gasteiger partial charge in [0.1, 0.15) is 6.61 Å². The van der Waals surface area contributed by atoms with E-state index in [9.17, 15) is 0 Å². The van der Waals surface area contributed by atoms with Gasteiger partial charge in [0.25, 0.3) is 0 Å². The number of nitrogens with one attached hydrogen (secondary N) is 1.